The van der Waals surface area contributed by atoms with Crippen LogP contribution in [-0.4, -0.2) is 29.5 Å². The van der Waals surface area contributed by atoms with Crippen LogP contribution in [0.3, 0.4) is 0 Å². The summed E-state index contributed by atoms with van der Waals surface area (Å²) in [6.45, 7) is 1.87. The van der Waals surface area contributed by atoms with Crippen LogP contribution in [0.15, 0.2) is 0 Å². The Balaban J connectivity index is 2.54. The molecule has 1 aliphatic carbocycles. The molecule has 0 unspecified atom stereocenters. The number of carbonyl (C=O) groups excluding carboxylic acids is 1. The van der Waals surface area contributed by atoms with E-state index in [4.69, 9.17) is 4.74 Å². The van der Waals surface area contributed by atoms with Crippen LogP contribution in [0.25, 0.3) is 0 Å². The van der Waals surface area contributed by atoms with E-state index in [2.05, 4.69) is 0 Å². The second-order valence-corrected chi connectivity index (χ2v) is 4.06. The van der Waals surface area contributed by atoms with Crippen molar-refractivity contribution in [2.24, 2.45) is 5.92 Å². The average Bonchev–Trinajstić information content (AvgIpc) is 2.17. The first-order chi connectivity index (χ1) is 7.30. The summed E-state index contributed by atoms with van der Waals surface area (Å²) in [5, 5.41) is 9.36. The highest BCUT2D eigenvalue weighted by atomic mass is 19.4. The van der Waals surface area contributed by atoms with Crippen molar-refractivity contribution in [2.75, 3.05) is 6.61 Å². The Labute approximate surface area is 91.6 Å². The van der Waals surface area contributed by atoms with Crippen LogP contribution in [0.5, 0.6) is 0 Å². The number of hydrogen-bond donors (Lipinski definition) is 1. The molecule has 0 saturated heterocycles. The van der Waals surface area contributed by atoms with Crippen molar-refractivity contribution in [1.82, 2.24) is 0 Å². The second kappa shape index (κ2) is 4.61. The van der Waals surface area contributed by atoms with E-state index >= 15 is 0 Å². The van der Waals surface area contributed by atoms with Crippen LogP contribution in [0, 0.1) is 5.92 Å². The van der Waals surface area contributed by atoms with E-state index in [1.807, 2.05) is 0 Å². The van der Waals surface area contributed by atoms with E-state index in [0.717, 1.165) is 0 Å². The first-order valence-corrected chi connectivity index (χ1v) is 5.26. The predicted molar refractivity (Wildman–Crippen MR) is 49.6 cm³/mol. The first-order valence-electron chi connectivity index (χ1n) is 5.26. The Kier molecular flexibility index (Phi) is 3.83. The Morgan fingerprint density at radius 3 is 2.31 bits per heavy atom. The number of esters is 1. The third-order valence-electron chi connectivity index (χ3n) is 2.96. The molecular formula is C10H15F3O3. The van der Waals surface area contributed by atoms with Crippen molar-refractivity contribution < 1.29 is 27.8 Å². The minimum Gasteiger partial charge on any atom is -0.466 e. The van der Waals surface area contributed by atoms with Crippen LogP contribution >= 0.6 is 0 Å². The molecule has 0 aromatic rings. The van der Waals surface area contributed by atoms with Gasteiger partial charge in [0.2, 0.25) is 0 Å². The monoisotopic (exact) mass is 240 g/mol. The third-order valence-corrected chi connectivity index (χ3v) is 2.96. The number of aliphatic hydroxyl groups is 1. The largest absolute Gasteiger partial charge is 0.466 e. The molecule has 1 aliphatic rings. The second-order valence-electron chi connectivity index (χ2n) is 4.06. The topological polar surface area (TPSA) is 46.5 Å². The summed E-state index contributed by atoms with van der Waals surface area (Å²) in [5.41, 5.74) is -2.63. The Hall–Kier alpha value is -0.780. The molecule has 1 rings (SSSR count). The summed E-state index contributed by atoms with van der Waals surface area (Å²) in [4.78, 5) is 11.3. The zero-order valence-electron chi connectivity index (χ0n) is 9.01. The van der Waals surface area contributed by atoms with E-state index in [9.17, 15) is 23.1 Å². The van der Waals surface area contributed by atoms with Gasteiger partial charge in [0.1, 0.15) is 0 Å². The number of ether oxygens (including phenoxy) is 1. The molecular weight excluding hydrogens is 225 g/mol. The lowest BCUT2D eigenvalue weighted by atomic mass is 9.78. The number of alkyl halides is 3. The van der Waals surface area contributed by atoms with Gasteiger partial charge >= 0.3 is 12.1 Å². The minimum atomic E-state index is -4.62. The molecule has 3 nitrogen and oxygen atoms in total. The van der Waals surface area contributed by atoms with Gasteiger partial charge < -0.3 is 9.84 Å². The lowest BCUT2D eigenvalue weighted by Crippen LogP contribution is -2.48. The molecule has 1 N–H and O–H groups in total. The Morgan fingerprint density at radius 2 is 1.94 bits per heavy atom. The maximum Gasteiger partial charge on any atom is 0.417 e. The Morgan fingerprint density at radius 1 is 1.44 bits per heavy atom. The Bertz CT molecular complexity index is 255. The summed E-state index contributed by atoms with van der Waals surface area (Å²) in [5.74, 6) is -0.978. The zero-order valence-corrected chi connectivity index (χ0v) is 9.01. The fraction of sp³-hybridized carbons (Fsp3) is 0.900. The summed E-state index contributed by atoms with van der Waals surface area (Å²) in [6, 6.07) is 0. The molecule has 0 aliphatic heterocycles. The quantitative estimate of drug-likeness (QED) is 0.751. The molecule has 0 atom stereocenters. The van der Waals surface area contributed by atoms with Crippen LogP contribution in [0.2, 0.25) is 0 Å². The lowest BCUT2D eigenvalue weighted by Gasteiger charge is -2.36. The normalized spacial score (nSPS) is 31.2. The van der Waals surface area contributed by atoms with E-state index < -0.39 is 36.5 Å². The van der Waals surface area contributed by atoms with Crippen LogP contribution in [0.1, 0.15) is 32.6 Å². The highest BCUT2D eigenvalue weighted by Crippen LogP contribution is 2.43. The zero-order chi connectivity index (χ0) is 12.4. The molecule has 16 heavy (non-hydrogen) atoms. The summed E-state index contributed by atoms with van der Waals surface area (Å²) in [7, 11) is 0. The summed E-state index contributed by atoms with van der Waals surface area (Å²) >= 11 is 0. The van der Waals surface area contributed by atoms with Gasteiger partial charge in [-0.15, -0.1) is 0 Å². The van der Waals surface area contributed by atoms with Crippen molar-refractivity contribution in [2.45, 2.75) is 44.4 Å². The molecule has 1 fully saturated rings. The van der Waals surface area contributed by atoms with Gasteiger partial charge in [-0.25, -0.2) is 0 Å². The molecule has 0 radical (unpaired) electrons. The molecule has 0 heterocycles. The summed E-state index contributed by atoms with van der Waals surface area (Å²) in [6.07, 6.45) is -5.43. The lowest BCUT2D eigenvalue weighted by molar-refractivity contribution is -0.272. The highest BCUT2D eigenvalue weighted by Gasteiger charge is 2.55. The van der Waals surface area contributed by atoms with E-state index in [-0.39, 0.29) is 19.4 Å². The minimum absolute atomic E-state index is 0.0227. The third kappa shape index (κ3) is 2.66. The number of hydrogen-bond acceptors (Lipinski definition) is 3. The van der Waals surface area contributed by atoms with Gasteiger partial charge in [0.05, 0.1) is 12.5 Å². The van der Waals surface area contributed by atoms with Crippen molar-refractivity contribution in [3.05, 3.63) is 0 Å². The predicted octanol–water partition coefficient (Wildman–Crippen LogP) is 2.03. The van der Waals surface area contributed by atoms with Crippen molar-refractivity contribution >= 4 is 5.97 Å². The number of halogens is 3. The van der Waals surface area contributed by atoms with E-state index in [1.54, 1.807) is 6.92 Å². The fourth-order valence-corrected chi connectivity index (χ4v) is 1.87. The molecule has 0 amide bonds. The molecule has 0 aromatic heterocycles. The van der Waals surface area contributed by atoms with Gasteiger partial charge in [-0.3, -0.25) is 4.79 Å². The molecule has 94 valence electrons. The first kappa shape index (κ1) is 13.3. The van der Waals surface area contributed by atoms with Crippen LogP contribution in [-0.2, 0) is 9.53 Å². The van der Waals surface area contributed by atoms with Crippen molar-refractivity contribution in [3.63, 3.8) is 0 Å². The SMILES string of the molecule is CCOC(=O)C1CCC(O)(C(F)(F)F)CC1. The van der Waals surface area contributed by atoms with Gasteiger partial charge in [0, 0.05) is 0 Å². The standard InChI is InChI=1S/C10H15F3O3/c1-2-16-8(14)7-3-5-9(15,6-4-7)10(11,12)13/h7,15H,2-6H2,1H3. The average molecular weight is 240 g/mol. The van der Waals surface area contributed by atoms with E-state index in [1.165, 1.54) is 0 Å². The maximum absolute atomic E-state index is 12.4. The molecule has 0 aromatic carbocycles. The fourth-order valence-electron chi connectivity index (χ4n) is 1.87. The van der Waals surface area contributed by atoms with Gasteiger partial charge in [-0.05, 0) is 32.6 Å². The van der Waals surface area contributed by atoms with Crippen LogP contribution < -0.4 is 0 Å². The van der Waals surface area contributed by atoms with E-state index in [0.29, 0.717) is 0 Å². The number of carbonyl (C=O) groups is 1. The van der Waals surface area contributed by atoms with Gasteiger partial charge in [-0.1, -0.05) is 0 Å². The molecule has 6 heteroatoms. The highest BCUT2D eigenvalue weighted by molar-refractivity contribution is 5.72. The van der Waals surface area contributed by atoms with Crippen molar-refractivity contribution in [3.8, 4) is 0 Å². The molecule has 0 spiro atoms. The van der Waals surface area contributed by atoms with Crippen molar-refractivity contribution in [1.29, 1.82) is 0 Å². The smallest absolute Gasteiger partial charge is 0.417 e. The van der Waals surface area contributed by atoms with Crippen LogP contribution in [0.4, 0.5) is 13.2 Å². The summed E-state index contributed by atoms with van der Waals surface area (Å²) < 4.78 is 42.0. The number of rotatable bonds is 2. The van der Waals surface area contributed by atoms with Gasteiger partial charge in [0.25, 0.3) is 0 Å². The maximum atomic E-state index is 12.4. The molecule has 1 saturated carbocycles. The van der Waals surface area contributed by atoms with Gasteiger partial charge in [0.15, 0.2) is 5.60 Å². The van der Waals surface area contributed by atoms with Gasteiger partial charge in [-0.2, -0.15) is 13.2 Å². The molecule has 0 bridgehead atoms.